The zero-order chi connectivity index (χ0) is 19.3. The molecule has 0 fully saturated rings. The van der Waals surface area contributed by atoms with Gasteiger partial charge >= 0.3 is 0 Å². The molecule has 2 N–H and O–H groups in total. The molecule has 0 saturated heterocycles. The summed E-state index contributed by atoms with van der Waals surface area (Å²) in [5.74, 6) is -0.461. The summed E-state index contributed by atoms with van der Waals surface area (Å²) in [4.78, 5) is 26.0. The van der Waals surface area contributed by atoms with Gasteiger partial charge in [-0.05, 0) is 45.5 Å². The minimum absolute atomic E-state index is 0.0389. The Morgan fingerprint density at radius 3 is 2.24 bits per heavy atom. The fourth-order valence-corrected chi connectivity index (χ4v) is 2.82. The number of hydrogen-bond donors (Lipinski definition) is 2. The summed E-state index contributed by atoms with van der Waals surface area (Å²) in [5, 5.41) is 5.52. The van der Waals surface area contributed by atoms with Crippen LogP contribution in [0.4, 0.5) is 5.69 Å². The maximum atomic E-state index is 12.2. The first-order chi connectivity index (χ1) is 11.4. The number of nitrogens with one attached hydrogen (secondary N) is 2. The summed E-state index contributed by atoms with van der Waals surface area (Å²) in [6.45, 7) is 8.23. The van der Waals surface area contributed by atoms with Crippen LogP contribution < -0.4 is 10.6 Å². The molecular weight excluding hydrogens is 342 g/mol. The summed E-state index contributed by atoms with van der Waals surface area (Å²) in [7, 11) is -3.34. The van der Waals surface area contributed by atoms with E-state index >= 15 is 0 Å². The molecule has 8 heteroatoms. The van der Waals surface area contributed by atoms with Gasteiger partial charge in [0.15, 0.2) is 9.84 Å². The standard InChI is InChI=1S/C17H27N3O4S/c1-6-20(12-16(22)19-17(2,3)4)11-15(21)18-13-8-7-9-14(10-13)25(5,23)24/h7-10H,6,11-12H2,1-5H3,(H,18,21)(H,19,22). The van der Waals surface area contributed by atoms with Gasteiger partial charge in [0.25, 0.3) is 0 Å². The van der Waals surface area contributed by atoms with E-state index in [9.17, 15) is 18.0 Å². The number of sulfone groups is 1. The van der Waals surface area contributed by atoms with Gasteiger partial charge in [-0.25, -0.2) is 8.42 Å². The molecule has 1 rings (SSSR count). The molecule has 0 heterocycles. The smallest absolute Gasteiger partial charge is 0.238 e. The minimum Gasteiger partial charge on any atom is -0.350 e. The molecule has 0 aliphatic heterocycles. The summed E-state index contributed by atoms with van der Waals surface area (Å²) in [6.07, 6.45) is 1.11. The van der Waals surface area contributed by atoms with Crippen molar-refractivity contribution in [1.29, 1.82) is 0 Å². The van der Waals surface area contributed by atoms with E-state index in [-0.39, 0.29) is 35.3 Å². The van der Waals surface area contributed by atoms with Crippen molar-refractivity contribution in [3.8, 4) is 0 Å². The Balaban J connectivity index is 2.67. The van der Waals surface area contributed by atoms with Crippen LogP contribution in [0.2, 0.25) is 0 Å². The van der Waals surface area contributed by atoms with Crippen molar-refractivity contribution in [2.45, 2.75) is 38.1 Å². The molecule has 1 aromatic rings. The SMILES string of the molecule is CCN(CC(=O)Nc1cccc(S(C)(=O)=O)c1)CC(=O)NC(C)(C)C. The Hall–Kier alpha value is -1.93. The second kappa shape index (κ2) is 8.44. The largest absolute Gasteiger partial charge is 0.350 e. The van der Waals surface area contributed by atoms with Crippen LogP contribution in [-0.2, 0) is 19.4 Å². The molecule has 7 nitrogen and oxygen atoms in total. The average Bonchev–Trinajstić information content (AvgIpc) is 2.43. The number of amides is 2. The van der Waals surface area contributed by atoms with Gasteiger partial charge in [-0.2, -0.15) is 0 Å². The highest BCUT2D eigenvalue weighted by atomic mass is 32.2. The molecule has 0 atom stereocenters. The Morgan fingerprint density at radius 2 is 1.72 bits per heavy atom. The Kier molecular flexibility index (Phi) is 7.13. The van der Waals surface area contributed by atoms with Crippen LogP contribution in [0.25, 0.3) is 0 Å². The Bertz CT molecular complexity index is 724. The zero-order valence-corrected chi connectivity index (χ0v) is 16.2. The lowest BCUT2D eigenvalue weighted by atomic mass is 10.1. The van der Waals surface area contributed by atoms with E-state index in [1.165, 1.54) is 12.1 Å². The first kappa shape index (κ1) is 21.1. The number of hydrogen-bond acceptors (Lipinski definition) is 5. The van der Waals surface area contributed by atoms with E-state index in [1.807, 2.05) is 27.7 Å². The van der Waals surface area contributed by atoms with Crippen molar-refractivity contribution in [1.82, 2.24) is 10.2 Å². The highest BCUT2D eigenvalue weighted by Gasteiger charge is 2.18. The van der Waals surface area contributed by atoms with Crippen molar-refractivity contribution < 1.29 is 18.0 Å². The molecule has 0 bridgehead atoms. The highest BCUT2D eigenvalue weighted by Crippen LogP contribution is 2.15. The topological polar surface area (TPSA) is 95.6 Å². The third-order valence-corrected chi connectivity index (χ3v) is 4.35. The maximum absolute atomic E-state index is 12.2. The molecule has 0 aliphatic carbocycles. The predicted octanol–water partition coefficient (Wildman–Crippen LogP) is 1.27. The monoisotopic (exact) mass is 369 g/mol. The van der Waals surface area contributed by atoms with E-state index in [0.29, 0.717) is 12.2 Å². The number of likely N-dealkylation sites (N-methyl/N-ethyl adjacent to an activating group) is 1. The number of carbonyl (C=O) groups excluding carboxylic acids is 2. The van der Waals surface area contributed by atoms with Gasteiger partial charge in [-0.1, -0.05) is 13.0 Å². The molecule has 140 valence electrons. The third kappa shape index (κ3) is 8.13. The van der Waals surface area contributed by atoms with Crippen LogP contribution in [-0.4, -0.2) is 56.6 Å². The molecule has 1 aromatic carbocycles. The van der Waals surface area contributed by atoms with Gasteiger partial charge in [0.1, 0.15) is 0 Å². The van der Waals surface area contributed by atoms with Crippen LogP contribution in [0.3, 0.4) is 0 Å². The number of rotatable bonds is 7. The molecule has 0 aliphatic rings. The molecule has 0 radical (unpaired) electrons. The fourth-order valence-electron chi connectivity index (χ4n) is 2.15. The lowest BCUT2D eigenvalue weighted by Crippen LogP contribution is -2.47. The number of benzene rings is 1. The predicted molar refractivity (Wildman–Crippen MR) is 98.2 cm³/mol. The molecule has 25 heavy (non-hydrogen) atoms. The van der Waals surface area contributed by atoms with Crippen LogP contribution in [0, 0.1) is 0 Å². The highest BCUT2D eigenvalue weighted by molar-refractivity contribution is 7.90. The van der Waals surface area contributed by atoms with E-state index in [2.05, 4.69) is 10.6 Å². The first-order valence-electron chi connectivity index (χ1n) is 8.04. The van der Waals surface area contributed by atoms with E-state index in [1.54, 1.807) is 17.0 Å². The Labute approximate surface area is 149 Å². The lowest BCUT2D eigenvalue weighted by molar-refractivity contribution is -0.124. The van der Waals surface area contributed by atoms with Crippen LogP contribution in [0.15, 0.2) is 29.2 Å². The number of carbonyl (C=O) groups is 2. The molecule has 0 unspecified atom stereocenters. The average molecular weight is 369 g/mol. The zero-order valence-electron chi connectivity index (χ0n) is 15.4. The van der Waals surface area contributed by atoms with Gasteiger partial charge in [-0.3, -0.25) is 14.5 Å². The third-order valence-electron chi connectivity index (χ3n) is 3.24. The van der Waals surface area contributed by atoms with E-state index in [0.717, 1.165) is 6.26 Å². The molecule has 0 spiro atoms. The first-order valence-corrected chi connectivity index (χ1v) is 9.93. The van der Waals surface area contributed by atoms with Gasteiger partial charge in [-0.15, -0.1) is 0 Å². The second-order valence-corrected chi connectivity index (χ2v) is 8.97. The molecular formula is C17H27N3O4S. The van der Waals surface area contributed by atoms with Crippen LogP contribution >= 0.6 is 0 Å². The Morgan fingerprint density at radius 1 is 1.12 bits per heavy atom. The van der Waals surface area contributed by atoms with Crippen molar-refractivity contribution in [3.05, 3.63) is 24.3 Å². The van der Waals surface area contributed by atoms with E-state index in [4.69, 9.17) is 0 Å². The number of nitrogens with zero attached hydrogens (tertiary/aromatic N) is 1. The maximum Gasteiger partial charge on any atom is 0.238 e. The van der Waals surface area contributed by atoms with Gasteiger partial charge in [0, 0.05) is 17.5 Å². The van der Waals surface area contributed by atoms with Crippen molar-refractivity contribution in [3.63, 3.8) is 0 Å². The minimum atomic E-state index is -3.34. The molecule has 0 saturated carbocycles. The normalized spacial score (nSPS) is 12.1. The van der Waals surface area contributed by atoms with Gasteiger partial charge in [0.2, 0.25) is 11.8 Å². The summed E-state index contributed by atoms with van der Waals surface area (Å²) in [6, 6.07) is 6.07. The fraction of sp³-hybridized carbons (Fsp3) is 0.529. The van der Waals surface area contributed by atoms with Gasteiger partial charge in [0.05, 0.1) is 18.0 Å². The molecule has 2 amide bonds. The second-order valence-electron chi connectivity index (χ2n) is 6.95. The lowest BCUT2D eigenvalue weighted by Gasteiger charge is -2.24. The van der Waals surface area contributed by atoms with Crippen LogP contribution in [0.5, 0.6) is 0 Å². The van der Waals surface area contributed by atoms with Crippen molar-refractivity contribution in [2.24, 2.45) is 0 Å². The van der Waals surface area contributed by atoms with Crippen molar-refractivity contribution >= 4 is 27.3 Å². The van der Waals surface area contributed by atoms with Crippen molar-refractivity contribution in [2.75, 3.05) is 31.2 Å². The van der Waals surface area contributed by atoms with Gasteiger partial charge < -0.3 is 10.6 Å². The quantitative estimate of drug-likeness (QED) is 0.754. The number of anilines is 1. The molecule has 0 aromatic heterocycles. The van der Waals surface area contributed by atoms with E-state index < -0.39 is 9.84 Å². The summed E-state index contributed by atoms with van der Waals surface area (Å²) in [5.41, 5.74) is 0.0771. The summed E-state index contributed by atoms with van der Waals surface area (Å²) < 4.78 is 23.1. The summed E-state index contributed by atoms with van der Waals surface area (Å²) >= 11 is 0. The van der Waals surface area contributed by atoms with Crippen LogP contribution in [0.1, 0.15) is 27.7 Å².